The van der Waals surface area contributed by atoms with Crippen molar-refractivity contribution in [2.24, 2.45) is 5.92 Å². The zero-order valence-corrected chi connectivity index (χ0v) is 13.6. The Morgan fingerprint density at radius 1 is 1.35 bits per heavy atom. The van der Waals surface area contributed by atoms with E-state index in [1.807, 2.05) is 19.1 Å². The van der Waals surface area contributed by atoms with Crippen molar-refractivity contribution in [3.05, 3.63) is 23.7 Å². The van der Waals surface area contributed by atoms with Crippen LogP contribution in [0.3, 0.4) is 0 Å². The zero-order chi connectivity index (χ0) is 15.8. The SMILES string of the molecule is Cc1ccc(CN2CC[C@H]3C[C@H](C(=O)N4CCCO4)O[C@@H]3C2)o1. The highest BCUT2D eigenvalue weighted by molar-refractivity contribution is 5.80. The summed E-state index contributed by atoms with van der Waals surface area (Å²) in [5.74, 6) is 2.44. The first kappa shape index (κ1) is 15.2. The number of carbonyl (C=O) groups excluding carboxylic acids is 1. The van der Waals surface area contributed by atoms with Crippen molar-refractivity contribution in [1.29, 1.82) is 0 Å². The Morgan fingerprint density at radius 2 is 2.26 bits per heavy atom. The smallest absolute Gasteiger partial charge is 0.275 e. The van der Waals surface area contributed by atoms with E-state index in [0.717, 1.165) is 50.4 Å². The molecule has 3 atom stereocenters. The van der Waals surface area contributed by atoms with E-state index in [0.29, 0.717) is 19.1 Å². The minimum absolute atomic E-state index is 0.00473. The predicted molar refractivity (Wildman–Crippen MR) is 82.4 cm³/mol. The second-order valence-corrected chi connectivity index (χ2v) is 6.82. The van der Waals surface area contributed by atoms with Gasteiger partial charge in [-0.25, -0.2) is 5.06 Å². The highest BCUT2D eigenvalue weighted by atomic mass is 16.7. The van der Waals surface area contributed by atoms with Gasteiger partial charge in [0.1, 0.15) is 17.6 Å². The molecular weight excluding hydrogens is 296 g/mol. The standard InChI is InChI=1S/C17H24N2O4/c1-12-3-4-14(22-12)10-18-7-5-13-9-15(23-16(13)11-18)17(20)19-6-2-8-21-19/h3-4,13,15-16H,2,5-11H2,1H3/t13-,15+,16+/m0/s1. The largest absolute Gasteiger partial charge is 0.465 e. The first-order valence-corrected chi connectivity index (χ1v) is 8.56. The van der Waals surface area contributed by atoms with Crippen molar-refractivity contribution in [1.82, 2.24) is 9.96 Å². The summed E-state index contributed by atoms with van der Waals surface area (Å²) in [5.41, 5.74) is 0. The second-order valence-electron chi connectivity index (χ2n) is 6.82. The fourth-order valence-electron chi connectivity index (χ4n) is 3.87. The van der Waals surface area contributed by atoms with E-state index in [2.05, 4.69) is 4.90 Å². The summed E-state index contributed by atoms with van der Waals surface area (Å²) in [6, 6.07) is 4.03. The number of piperidine rings is 1. The third kappa shape index (κ3) is 3.16. The van der Waals surface area contributed by atoms with Crippen molar-refractivity contribution in [2.45, 2.75) is 44.9 Å². The number of carbonyl (C=O) groups is 1. The molecule has 0 saturated carbocycles. The molecule has 0 aliphatic carbocycles. The van der Waals surface area contributed by atoms with Crippen LogP contribution in [-0.2, 0) is 20.9 Å². The molecule has 1 amide bonds. The molecule has 4 heterocycles. The lowest BCUT2D eigenvalue weighted by molar-refractivity contribution is -0.180. The normalized spacial score (nSPS) is 31.5. The van der Waals surface area contributed by atoms with Crippen LogP contribution < -0.4 is 0 Å². The lowest BCUT2D eigenvalue weighted by atomic mass is 9.91. The molecule has 6 nitrogen and oxygen atoms in total. The molecule has 1 aromatic rings. The van der Waals surface area contributed by atoms with Gasteiger partial charge in [-0.05, 0) is 50.8 Å². The Morgan fingerprint density at radius 3 is 3.00 bits per heavy atom. The molecule has 3 aliphatic heterocycles. The molecule has 0 unspecified atom stereocenters. The molecule has 1 aromatic heterocycles. The Bertz CT molecular complexity index is 567. The summed E-state index contributed by atoms with van der Waals surface area (Å²) in [4.78, 5) is 20.1. The lowest BCUT2D eigenvalue weighted by Crippen LogP contribution is -2.42. The minimum atomic E-state index is -0.325. The minimum Gasteiger partial charge on any atom is -0.465 e. The first-order chi connectivity index (χ1) is 11.2. The van der Waals surface area contributed by atoms with Crippen LogP contribution in [-0.4, -0.2) is 54.3 Å². The van der Waals surface area contributed by atoms with E-state index in [1.54, 1.807) is 0 Å². The Kier molecular flexibility index (Phi) is 4.13. The molecule has 0 spiro atoms. The van der Waals surface area contributed by atoms with Gasteiger partial charge < -0.3 is 9.15 Å². The molecule has 23 heavy (non-hydrogen) atoms. The van der Waals surface area contributed by atoms with Gasteiger partial charge in [0.05, 0.1) is 25.8 Å². The van der Waals surface area contributed by atoms with Crippen molar-refractivity contribution in [2.75, 3.05) is 26.2 Å². The highest BCUT2D eigenvalue weighted by Crippen LogP contribution is 2.34. The molecular formula is C17H24N2O4. The molecule has 126 valence electrons. The van der Waals surface area contributed by atoms with Crippen LogP contribution >= 0.6 is 0 Å². The van der Waals surface area contributed by atoms with E-state index >= 15 is 0 Å². The van der Waals surface area contributed by atoms with E-state index < -0.39 is 0 Å². The summed E-state index contributed by atoms with van der Waals surface area (Å²) in [7, 11) is 0. The monoisotopic (exact) mass is 320 g/mol. The summed E-state index contributed by atoms with van der Waals surface area (Å²) in [6.07, 6.45) is 2.65. The van der Waals surface area contributed by atoms with Gasteiger partial charge in [-0.3, -0.25) is 14.5 Å². The number of rotatable bonds is 3. The molecule has 3 aliphatic rings. The van der Waals surface area contributed by atoms with Gasteiger partial charge in [-0.2, -0.15) is 0 Å². The van der Waals surface area contributed by atoms with Crippen LogP contribution in [0.5, 0.6) is 0 Å². The van der Waals surface area contributed by atoms with Gasteiger partial charge in [0.15, 0.2) is 0 Å². The molecule has 3 saturated heterocycles. The van der Waals surface area contributed by atoms with E-state index in [4.69, 9.17) is 14.0 Å². The summed E-state index contributed by atoms with van der Waals surface area (Å²) in [5, 5.41) is 1.49. The average molecular weight is 320 g/mol. The number of furan rings is 1. The number of nitrogens with zero attached hydrogens (tertiary/aromatic N) is 2. The molecule has 6 heteroatoms. The van der Waals surface area contributed by atoms with Gasteiger partial charge in [0.2, 0.25) is 0 Å². The number of hydrogen-bond donors (Lipinski definition) is 0. The van der Waals surface area contributed by atoms with Crippen molar-refractivity contribution in [3.63, 3.8) is 0 Å². The van der Waals surface area contributed by atoms with Crippen molar-refractivity contribution >= 4 is 5.91 Å². The van der Waals surface area contributed by atoms with Gasteiger partial charge >= 0.3 is 0 Å². The quantitative estimate of drug-likeness (QED) is 0.849. The van der Waals surface area contributed by atoms with Gasteiger partial charge in [-0.1, -0.05) is 0 Å². The molecule has 0 radical (unpaired) electrons. The van der Waals surface area contributed by atoms with Crippen molar-refractivity contribution in [3.8, 4) is 0 Å². The van der Waals surface area contributed by atoms with E-state index in [-0.39, 0.29) is 18.1 Å². The summed E-state index contributed by atoms with van der Waals surface area (Å²) in [6.45, 7) is 6.01. The number of hydroxylamine groups is 2. The van der Waals surface area contributed by atoms with Crippen LogP contribution in [0, 0.1) is 12.8 Å². The predicted octanol–water partition coefficient (Wildman–Crippen LogP) is 1.73. The zero-order valence-electron chi connectivity index (χ0n) is 13.6. The average Bonchev–Trinajstić information content (AvgIpc) is 3.26. The second kappa shape index (κ2) is 6.26. The molecule has 3 fully saturated rings. The number of hydrogen-bond acceptors (Lipinski definition) is 5. The van der Waals surface area contributed by atoms with Gasteiger partial charge in [0.25, 0.3) is 5.91 Å². The number of ether oxygens (including phenoxy) is 1. The molecule has 0 N–H and O–H groups in total. The number of fused-ring (bicyclic) bond motifs is 1. The van der Waals surface area contributed by atoms with Gasteiger partial charge in [0, 0.05) is 6.54 Å². The van der Waals surface area contributed by atoms with E-state index in [9.17, 15) is 4.79 Å². The molecule has 4 rings (SSSR count). The fourth-order valence-corrected chi connectivity index (χ4v) is 3.87. The maximum Gasteiger partial charge on any atom is 0.275 e. The Labute approximate surface area is 136 Å². The maximum atomic E-state index is 12.4. The van der Waals surface area contributed by atoms with E-state index in [1.165, 1.54) is 5.06 Å². The van der Waals surface area contributed by atoms with Crippen LogP contribution in [0.1, 0.15) is 30.8 Å². The Hall–Kier alpha value is -1.37. The van der Waals surface area contributed by atoms with Crippen LogP contribution in [0.25, 0.3) is 0 Å². The third-order valence-corrected chi connectivity index (χ3v) is 5.09. The molecule has 0 aromatic carbocycles. The molecule has 0 bridgehead atoms. The summed E-state index contributed by atoms with van der Waals surface area (Å²) >= 11 is 0. The number of amides is 1. The highest BCUT2D eigenvalue weighted by Gasteiger charge is 2.43. The fraction of sp³-hybridized carbons (Fsp3) is 0.706. The van der Waals surface area contributed by atoms with Crippen molar-refractivity contribution < 1.29 is 18.8 Å². The van der Waals surface area contributed by atoms with Crippen LogP contribution in [0.15, 0.2) is 16.5 Å². The summed E-state index contributed by atoms with van der Waals surface area (Å²) < 4.78 is 11.7. The van der Waals surface area contributed by atoms with Crippen LogP contribution in [0.4, 0.5) is 0 Å². The topological polar surface area (TPSA) is 55.2 Å². The first-order valence-electron chi connectivity index (χ1n) is 8.56. The number of likely N-dealkylation sites (tertiary alicyclic amines) is 1. The maximum absolute atomic E-state index is 12.4. The van der Waals surface area contributed by atoms with Gasteiger partial charge in [-0.15, -0.1) is 0 Å². The van der Waals surface area contributed by atoms with Crippen LogP contribution in [0.2, 0.25) is 0 Å². The number of aryl methyl sites for hydroxylation is 1. The lowest BCUT2D eigenvalue weighted by Gasteiger charge is -2.33. The third-order valence-electron chi connectivity index (χ3n) is 5.09. The Balaban J connectivity index is 1.34.